The van der Waals surface area contributed by atoms with E-state index in [2.05, 4.69) is 153 Å². The molecule has 0 aromatic heterocycles. The van der Waals surface area contributed by atoms with E-state index in [1.54, 1.807) is 0 Å². The second kappa shape index (κ2) is 74.8. The van der Waals surface area contributed by atoms with E-state index in [0.717, 1.165) is 109 Å². The third-order valence-corrected chi connectivity index (χ3v) is 16.4. The van der Waals surface area contributed by atoms with Crippen LogP contribution in [0.3, 0.4) is 0 Å². The molecule has 488 valence electrons. The Hall–Kier alpha value is -3.47. The molecule has 0 aliphatic heterocycles. The van der Waals surface area contributed by atoms with Crippen LogP contribution in [-0.4, -0.2) is 34.9 Å². The third-order valence-electron chi connectivity index (χ3n) is 16.4. The van der Waals surface area contributed by atoms with Gasteiger partial charge in [-0.3, -0.25) is 4.79 Å². The summed E-state index contributed by atoms with van der Waals surface area (Å²) in [5, 5.41) is 23.5. The van der Waals surface area contributed by atoms with Crippen LogP contribution in [-0.2, 0) is 4.79 Å². The lowest BCUT2D eigenvalue weighted by molar-refractivity contribution is -0.123. The van der Waals surface area contributed by atoms with Crippen LogP contribution in [0.2, 0.25) is 0 Å². The number of aliphatic hydroxyl groups is 2. The summed E-state index contributed by atoms with van der Waals surface area (Å²) < 4.78 is 0. The zero-order valence-corrected chi connectivity index (χ0v) is 56.3. The highest BCUT2D eigenvalue weighted by Gasteiger charge is 2.20. The lowest BCUT2D eigenvalue weighted by Crippen LogP contribution is -2.45. The van der Waals surface area contributed by atoms with Gasteiger partial charge in [-0.2, -0.15) is 0 Å². The van der Waals surface area contributed by atoms with Crippen LogP contribution in [0, 0.1) is 0 Å². The highest BCUT2D eigenvalue weighted by atomic mass is 16.3. The molecule has 0 radical (unpaired) electrons. The summed E-state index contributed by atoms with van der Waals surface area (Å²) in [4.78, 5) is 12.6. The normalized spacial score (nSPS) is 13.5. The lowest BCUT2D eigenvalue weighted by atomic mass is 10.0. The number of aliphatic hydroxyl groups excluding tert-OH is 2. The van der Waals surface area contributed by atoms with E-state index in [1.165, 1.54) is 218 Å². The van der Waals surface area contributed by atoms with Gasteiger partial charge in [0.2, 0.25) is 5.91 Å². The molecule has 0 bridgehead atoms. The minimum Gasteiger partial charge on any atom is -0.394 e. The first kappa shape index (κ1) is 81.5. The van der Waals surface area contributed by atoms with Crippen LogP contribution in [0.25, 0.3) is 0 Å². The Morgan fingerprint density at radius 2 is 0.518 bits per heavy atom. The molecule has 0 saturated carbocycles. The molecule has 0 rings (SSSR count). The first-order valence-corrected chi connectivity index (χ1v) is 36.9. The molecule has 85 heavy (non-hydrogen) atoms. The summed E-state index contributed by atoms with van der Waals surface area (Å²) in [7, 11) is 0. The topological polar surface area (TPSA) is 69.6 Å². The zero-order valence-electron chi connectivity index (χ0n) is 56.3. The average Bonchev–Trinajstić information content (AvgIpc) is 3.51. The van der Waals surface area contributed by atoms with E-state index < -0.39 is 12.1 Å². The molecule has 0 aromatic rings. The number of carbonyl (C=O) groups is 1. The Balaban J connectivity index is 3.54. The van der Waals surface area contributed by atoms with Crippen LogP contribution in [0.5, 0.6) is 0 Å². The first-order valence-electron chi connectivity index (χ1n) is 36.9. The smallest absolute Gasteiger partial charge is 0.220 e. The van der Waals surface area contributed by atoms with E-state index in [-0.39, 0.29) is 12.5 Å². The van der Waals surface area contributed by atoms with Gasteiger partial charge in [-0.05, 0) is 96.3 Å². The maximum absolute atomic E-state index is 12.6. The summed E-state index contributed by atoms with van der Waals surface area (Å²) in [5.41, 5.74) is 0. The summed E-state index contributed by atoms with van der Waals surface area (Å²) in [6.07, 6.45) is 115. The Bertz CT molecular complexity index is 1670. The van der Waals surface area contributed by atoms with Crippen molar-refractivity contribution in [2.45, 2.75) is 366 Å². The van der Waals surface area contributed by atoms with Crippen LogP contribution < -0.4 is 5.32 Å². The largest absolute Gasteiger partial charge is 0.394 e. The van der Waals surface area contributed by atoms with Gasteiger partial charge >= 0.3 is 0 Å². The second-order valence-electron chi connectivity index (χ2n) is 24.6. The van der Waals surface area contributed by atoms with Gasteiger partial charge in [0.15, 0.2) is 0 Å². The van der Waals surface area contributed by atoms with Gasteiger partial charge in [-0.1, -0.05) is 385 Å². The van der Waals surface area contributed by atoms with Crippen molar-refractivity contribution in [1.82, 2.24) is 5.32 Å². The summed E-state index contributed by atoms with van der Waals surface area (Å²) in [6, 6.07) is -0.554. The third kappa shape index (κ3) is 71.2. The molecule has 0 fully saturated rings. The monoisotopic (exact) mass is 1180 g/mol. The standard InChI is InChI=1S/C81H141NO3/c1-3-5-7-9-11-13-15-17-19-21-23-25-27-29-31-33-35-37-38-39-40-41-42-43-44-45-47-49-51-53-55-57-59-61-63-65-67-69-71-73-75-77-81(85)82-79(78-83)80(84)76-74-72-70-68-66-64-62-60-58-56-54-52-50-48-46-36-34-32-30-28-26-24-22-20-18-16-14-12-10-8-6-4-2/h5,7,11,13,17,19,23,25,29,31,35,37,39-40,42-43,45,47,51,53,57,59,79-80,83-84H,3-4,6,8-10,12,14-16,18,20-22,24,26-28,30,32-34,36,38,41,44,46,48-50,52,54-56,58,60-78H2,1-2H3,(H,82,85)/b7-5-,13-11-,19-17-,25-23-,31-29-,37-35-,40-39-,43-42-,47-45-,53-51-,59-57-. The number of nitrogens with one attached hydrogen (secondary N) is 1. The minimum atomic E-state index is -0.676. The lowest BCUT2D eigenvalue weighted by Gasteiger charge is -2.22. The quantitative estimate of drug-likeness (QED) is 0.0420. The van der Waals surface area contributed by atoms with Crippen molar-refractivity contribution in [2.75, 3.05) is 6.61 Å². The van der Waals surface area contributed by atoms with Gasteiger partial charge in [0.25, 0.3) is 0 Å². The summed E-state index contributed by atoms with van der Waals surface area (Å²) in [6.45, 7) is 4.26. The molecule has 0 aromatic carbocycles. The number of allylic oxidation sites excluding steroid dienone is 22. The van der Waals surface area contributed by atoms with Crippen molar-refractivity contribution < 1.29 is 15.0 Å². The van der Waals surface area contributed by atoms with Gasteiger partial charge in [0.05, 0.1) is 18.8 Å². The molecule has 4 nitrogen and oxygen atoms in total. The van der Waals surface area contributed by atoms with E-state index in [9.17, 15) is 15.0 Å². The average molecular weight is 1180 g/mol. The summed E-state index contributed by atoms with van der Waals surface area (Å²) >= 11 is 0. The first-order chi connectivity index (χ1) is 42.2. The number of rotatable bonds is 67. The van der Waals surface area contributed by atoms with Gasteiger partial charge in [-0.15, -0.1) is 0 Å². The van der Waals surface area contributed by atoms with Crippen molar-refractivity contribution in [3.63, 3.8) is 0 Å². The van der Waals surface area contributed by atoms with Crippen LogP contribution in [0.4, 0.5) is 0 Å². The van der Waals surface area contributed by atoms with Crippen molar-refractivity contribution in [2.24, 2.45) is 0 Å². The maximum atomic E-state index is 12.6. The van der Waals surface area contributed by atoms with Crippen molar-refractivity contribution in [3.8, 4) is 0 Å². The van der Waals surface area contributed by atoms with Crippen molar-refractivity contribution >= 4 is 5.91 Å². The molecule has 0 spiro atoms. The molecular formula is C81H141NO3. The number of amides is 1. The number of carbonyl (C=O) groups excluding carboxylic acids is 1. The molecule has 0 heterocycles. The molecule has 4 heteroatoms. The zero-order chi connectivity index (χ0) is 61.2. The molecular weight excluding hydrogens is 1030 g/mol. The molecule has 3 N–H and O–H groups in total. The number of unbranched alkanes of at least 4 members (excludes halogenated alkanes) is 38. The van der Waals surface area contributed by atoms with Crippen LogP contribution in [0.1, 0.15) is 354 Å². The van der Waals surface area contributed by atoms with Gasteiger partial charge in [0, 0.05) is 6.42 Å². The highest BCUT2D eigenvalue weighted by Crippen LogP contribution is 2.18. The fourth-order valence-corrected chi connectivity index (χ4v) is 10.9. The predicted molar refractivity (Wildman–Crippen MR) is 382 cm³/mol. The van der Waals surface area contributed by atoms with E-state index in [1.807, 2.05) is 0 Å². The van der Waals surface area contributed by atoms with E-state index >= 15 is 0 Å². The minimum absolute atomic E-state index is 0.0431. The maximum Gasteiger partial charge on any atom is 0.220 e. The Labute approximate surface area is 530 Å². The van der Waals surface area contributed by atoms with Crippen LogP contribution >= 0.6 is 0 Å². The second-order valence-corrected chi connectivity index (χ2v) is 24.6. The molecule has 1 amide bonds. The van der Waals surface area contributed by atoms with Gasteiger partial charge in [-0.25, -0.2) is 0 Å². The molecule has 0 aliphatic rings. The molecule has 0 saturated heterocycles. The molecule has 2 atom stereocenters. The fourth-order valence-electron chi connectivity index (χ4n) is 10.9. The Morgan fingerprint density at radius 1 is 0.294 bits per heavy atom. The number of hydrogen-bond donors (Lipinski definition) is 3. The van der Waals surface area contributed by atoms with E-state index in [0.29, 0.717) is 12.8 Å². The Morgan fingerprint density at radius 3 is 0.776 bits per heavy atom. The van der Waals surface area contributed by atoms with Crippen LogP contribution in [0.15, 0.2) is 134 Å². The number of hydrogen-bond acceptors (Lipinski definition) is 3. The van der Waals surface area contributed by atoms with Gasteiger partial charge in [0.1, 0.15) is 0 Å². The van der Waals surface area contributed by atoms with Crippen molar-refractivity contribution in [1.29, 1.82) is 0 Å². The SMILES string of the molecule is CC/C=C\C/C=C\C/C=C\C/C=C\C/C=C\C/C=C\C/C=C\C/C=C\C/C=C\C/C=C\C/C=C\CCCCCCCCCC(=O)NC(CO)C(O)CCCCCCCCCCCCCCCCCCCCCCCCCCCCCCCCCC. The van der Waals surface area contributed by atoms with E-state index in [4.69, 9.17) is 0 Å². The van der Waals surface area contributed by atoms with Crippen molar-refractivity contribution in [3.05, 3.63) is 134 Å². The highest BCUT2D eigenvalue weighted by molar-refractivity contribution is 5.76. The molecule has 2 unspecified atom stereocenters. The molecule has 0 aliphatic carbocycles. The fraction of sp³-hybridized carbons (Fsp3) is 0.716. The Kier molecular flexibility index (Phi) is 71.7. The van der Waals surface area contributed by atoms with Gasteiger partial charge < -0.3 is 15.5 Å². The summed E-state index contributed by atoms with van der Waals surface area (Å²) in [5.74, 6) is -0.0431. The predicted octanol–water partition coefficient (Wildman–Crippen LogP) is 25.7.